The number of carbonyl (C=O) groups excluding carboxylic acids is 1. The molecule has 2 atom stereocenters. The lowest BCUT2D eigenvalue weighted by Gasteiger charge is -2.22. The lowest BCUT2D eigenvalue weighted by Crippen LogP contribution is -2.44. The molecule has 2 rings (SSSR count). The summed E-state index contributed by atoms with van der Waals surface area (Å²) in [5, 5.41) is 15.9. The van der Waals surface area contributed by atoms with Gasteiger partial charge in [-0.3, -0.25) is 0 Å². The van der Waals surface area contributed by atoms with Crippen molar-refractivity contribution in [3.05, 3.63) is 41.9 Å². The maximum absolute atomic E-state index is 11.9. The van der Waals surface area contributed by atoms with Gasteiger partial charge in [-0.1, -0.05) is 6.92 Å². The first-order valence-corrected chi connectivity index (χ1v) is 8.06. The first-order chi connectivity index (χ1) is 11.3. The van der Waals surface area contributed by atoms with E-state index in [0.717, 1.165) is 18.1 Å². The molecule has 7 heteroatoms. The number of amides is 2. The minimum absolute atomic E-state index is 0.0702. The number of aliphatic hydroxyl groups is 1. The van der Waals surface area contributed by atoms with Crippen molar-refractivity contribution in [2.75, 3.05) is 13.1 Å². The summed E-state index contributed by atoms with van der Waals surface area (Å²) < 4.78 is 7.47. The second kappa shape index (κ2) is 7.53. The molecular weight excluding hydrogens is 308 g/mol. The van der Waals surface area contributed by atoms with E-state index in [1.54, 1.807) is 25.3 Å². The van der Waals surface area contributed by atoms with Crippen molar-refractivity contribution < 1.29 is 14.3 Å². The average Bonchev–Trinajstić information content (AvgIpc) is 3.13. The van der Waals surface area contributed by atoms with Crippen LogP contribution in [-0.2, 0) is 12.1 Å². The number of urea groups is 1. The van der Waals surface area contributed by atoms with Gasteiger partial charge in [-0.05, 0) is 38.8 Å². The smallest absolute Gasteiger partial charge is 0.314 e. The Hall–Kier alpha value is -2.28. The number of imidazole rings is 1. The Bertz CT molecular complexity index is 675. The van der Waals surface area contributed by atoms with E-state index in [4.69, 9.17) is 4.42 Å². The van der Waals surface area contributed by atoms with Gasteiger partial charge in [0.25, 0.3) is 0 Å². The first kappa shape index (κ1) is 18.1. The molecule has 2 unspecified atom stereocenters. The molecule has 0 spiro atoms. The largest absolute Gasteiger partial charge is 0.463 e. The molecular formula is C17H26N4O3. The fourth-order valence-electron chi connectivity index (χ4n) is 2.39. The molecule has 0 saturated heterocycles. The summed E-state index contributed by atoms with van der Waals surface area (Å²) in [6.45, 7) is 8.81. The fourth-order valence-corrected chi connectivity index (χ4v) is 2.39. The van der Waals surface area contributed by atoms with Crippen LogP contribution in [0.4, 0.5) is 4.79 Å². The minimum Gasteiger partial charge on any atom is -0.463 e. The molecule has 2 aromatic heterocycles. The number of rotatable bonds is 7. The van der Waals surface area contributed by atoms with E-state index in [1.165, 1.54) is 0 Å². The highest BCUT2D eigenvalue weighted by atomic mass is 16.4. The van der Waals surface area contributed by atoms with E-state index >= 15 is 0 Å². The molecule has 0 aliphatic heterocycles. The molecule has 0 aliphatic carbocycles. The zero-order valence-electron chi connectivity index (χ0n) is 14.7. The van der Waals surface area contributed by atoms with Gasteiger partial charge in [0.05, 0.1) is 6.54 Å². The molecule has 2 aromatic rings. The summed E-state index contributed by atoms with van der Waals surface area (Å²) in [6.07, 6.45) is 3.69. The van der Waals surface area contributed by atoms with Crippen molar-refractivity contribution in [1.29, 1.82) is 0 Å². The van der Waals surface area contributed by atoms with E-state index in [2.05, 4.69) is 22.5 Å². The molecule has 3 N–H and O–H groups in total. The third-order valence-electron chi connectivity index (χ3n) is 3.91. The van der Waals surface area contributed by atoms with Gasteiger partial charge in [-0.15, -0.1) is 0 Å². The maximum atomic E-state index is 11.9. The highest BCUT2D eigenvalue weighted by Gasteiger charge is 2.27. The number of aromatic nitrogens is 2. The predicted molar refractivity (Wildman–Crippen MR) is 90.5 cm³/mol. The van der Waals surface area contributed by atoms with Crippen molar-refractivity contribution in [3.8, 4) is 0 Å². The Morgan fingerprint density at radius 2 is 2.17 bits per heavy atom. The molecule has 2 heterocycles. The molecule has 0 radical (unpaired) electrons. The quantitative estimate of drug-likeness (QED) is 0.721. The zero-order valence-corrected chi connectivity index (χ0v) is 14.7. The van der Waals surface area contributed by atoms with Gasteiger partial charge in [-0.2, -0.15) is 0 Å². The van der Waals surface area contributed by atoms with Crippen LogP contribution in [0.15, 0.2) is 28.9 Å². The predicted octanol–water partition coefficient (Wildman–Crippen LogP) is 1.94. The lowest BCUT2D eigenvalue weighted by atomic mass is 10.0. The molecule has 0 aromatic carbocycles. The summed E-state index contributed by atoms with van der Waals surface area (Å²) in [5.41, 5.74) is -1.24. The van der Waals surface area contributed by atoms with Gasteiger partial charge in [0, 0.05) is 25.5 Å². The SMILES string of the molecule is Cc1ccc(C(C)(O)CNC(=O)NCC(C)Cn2ccnc2C)o1. The molecule has 7 nitrogen and oxygen atoms in total. The standard InChI is InChI=1S/C17H26N4O3/c1-12(10-21-8-7-18-14(21)3)9-19-16(22)20-11-17(4,23)15-6-5-13(2)24-15/h5-8,12,23H,9-11H2,1-4H3,(H2,19,20,22). The van der Waals surface area contributed by atoms with Crippen molar-refractivity contribution in [1.82, 2.24) is 20.2 Å². The van der Waals surface area contributed by atoms with Gasteiger partial charge in [0.2, 0.25) is 0 Å². The number of carbonyl (C=O) groups is 1. The fraction of sp³-hybridized carbons (Fsp3) is 0.529. The highest BCUT2D eigenvalue weighted by molar-refractivity contribution is 5.73. The molecule has 0 fully saturated rings. The average molecular weight is 334 g/mol. The monoisotopic (exact) mass is 334 g/mol. The van der Waals surface area contributed by atoms with Crippen LogP contribution < -0.4 is 10.6 Å². The second-order valence-electron chi connectivity index (χ2n) is 6.48. The molecule has 24 heavy (non-hydrogen) atoms. The Balaban J connectivity index is 1.74. The van der Waals surface area contributed by atoms with Crippen LogP contribution >= 0.6 is 0 Å². The molecule has 0 saturated carbocycles. The third-order valence-corrected chi connectivity index (χ3v) is 3.91. The normalized spacial score (nSPS) is 14.9. The highest BCUT2D eigenvalue weighted by Crippen LogP contribution is 2.21. The van der Waals surface area contributed by atoms with Crippen LogP contribution in [0, 0.1) is 19.8 Å². The van der Waals surface area contributed by atoms with Crippen LogP contribution in [0.5, 0.6) is 0 Å². The van der Waals surface area contributed by atoms with Crippen LogP contribution in [0.3, 0.4) is 0 Å². The molecule has 2 amide bonds. The summed E-state index contributed by atoms with van der Waals surface area (Å²) in [7, 11) is 0. The van der Waals surface area contributed by atoms with Crippen LogP contribution in [0.25, 0.3) is 0 Å². The summed E-state index contributed by atoms with van der Waals surface area (Å²) in [5.74, 6) is 2.37. The van der Waals surface area contributed by atoms with E-state index in [0.29, 0.717) is 12.3 Å². The Morgan fingerprint density at radius 1 is 1.42 bits per heavy atom. The van der Waals surface area contributed by atoms with E-state index < -0.39 is 5.60 Å². The number of nitrogens with one attached hydrogen (secondary N) is 2. The third kappa shape index (κ3) is 4.86. The van der Waals surface area contributed by atoms with Gasteiger partial charge in [0.15, 0.2) is 0 Å². The minimum atomic E-state index is -1.24. The van der Waals surface area contributed by atoms with Gasteiger partial charge < -0.3 is 24.7 Å². The first-order valence-electron chi connectivity index (χ1n) is 8.06. The van der Waals surface area contributed by atoms with Gasteiger partial charge in [0.1, 0.15) is 22.9 Å². The number of nitrogens with zero attached hydrogens (tertiary/aromatic N) is 2. The Kier molecular flexibility index (Phi) is 5.66. The topological polar surface area (TPSA) is 92.3 Å². The molecule has 132 valence electrons. The van der Waals surface area contributed by atoms with E-state index in [1.807, 2.05) is 24.6 Å². The summed E-state index contributed by atoms with van der Waals surface area (Å²) in [4.78, 5) is 16.1. The number of hydrogen-bond acceptors (Lipinski definition) is 4. The van der Waals surface area contributed by atoms with E-state index in [9.17, 15) is 9.90 Å². The summed E-state index contributed by atoms with van der Waals surface area (Å²) in [6, 6.07) is 3.18. The second-order valence-corrected chi connectivity index (χ2v) is 6.48. The van der Waals surface area contributed by atoms with Gasteiger partial charge >= 0.3 is 6.03 Å². The van der Waals surface area contributed by atoms with Crippen LogP contribution in [-0.4, -0.2) is 33.8 Å². The number of furan rings is 1. The van der Waals surface area contributed by atoms with Crippen molar-refractivity contribution in [2.24, 2.45) is 5.92 Å². The van der Waals surface area contributed by atoms with Crippen LogP contribution in [0.2, 0.25) is 0 Å². The van der Waals surface area contributed by atoms with E-state index in [-0.39, 0.29) is 18.5 Å². The lowest BCUT2D eigenvalue weighted by molar-refractivity contribution is 0.0359. The van der Waals surface area contributed by atoms with Gasteiger partial charge in [-0.25, -0.2) is 9.78 Å². The zero-order chi connectivity index (χ0) is 17.7. The number of hydrogen-bond donors (Lipinski definition) is 3. The van der Waals surface area contributed by atoms with Crippen molar-refractivity contribution >= 4 is 6.03 Å². The summed E-state index contributed by atoms with van der Waals surface area (Å²) >= 11 is 0. The molecule has 0 bridgehead atoms. The van der Waals surface area contributed by atoms with Crippen LogP contribution in [0.1, 0.15) is 31.2 Å². The van der Waals surface area contributed by atoms with Crippen molar-refractivity contribution in [3.63, 3.8) is 0 Å². The maximum Gasteiger partial charge on any atom is 0.314 e. The Labute approximate surface area is 142 Å². The van der Waals surface area contributed by atoms with Crippen molar-refractivity contribution in [2.45, 2.75) is 39.8 Å². The molecule has 0 aliphatic rings. The Morgan fingerprint density at radius 3 is 2.75 bits per heavy atom. The number of aryl methyl sites for hydroxylation is 2.